The van der Waals surface area contributed by atoms with Crippen LogP contribution in [0.5, 0.6) is 0 Å². The predicted octanol–water partition coefficient (Wildman–Crippen LogP) is 1.08. The average Bonchev–Trinajstić information content (AvgIpc) is 1.65. The molecule has 0 aromatic carbocycles. The van der Waals surface area contributed by atoms with Crippen molar-refractivity contribution in [2.24, 2.45) is 5.41 Å². The summed E-state index contributed by atoms with van der Waals surface area (Å²) >= 11 is 0. The maximum Gasteiger partial charge on any atom is 0.0857 e. The zero-order valence-corrected chi connectivity index (χ0v) is 5.22. The third-order valence-corrected chi connectivity index (χ3v) is 1.10. The van der Waals surface area contributed by atoms with Crippen molar-refractivity contribution in [3.05, 3.63) is 12.3 Å². The maximum absolute atomic E-state index is 4.82. The van der Waals surface area contributed by atoms with Crippen LogP contribution in [-0.4, -0.2) is 6.61 Å². The number of rotatable bonds is 0. The molecule has 8 heavy (non-hydrogen) atoms. The number of nitrogens with zero attached hydrogens (tertiary/aromatic N) is 1. The fraction of sp³-hybridized carbons (Fsp3) is 0.667. The molecule has 1 rings (SSSR count). The van der Waals surface area contributed by atoms with Crippen LogP contribution >= 0.6 is 0 Å². The summed E-state index contributed by atoms with van der Waals surface area (Å²) in [7, 11) is 0. The molecule has 0 saturated heterocycles. The minimum absolute atomic E-state index is 0.182. The average molecular weight is 112 g/mol. The van der Waals surface area contributed by atoms with E-state index in [1.54, 1.807) is 6.20 Å². The molecule has 0 fully saturated rings. The van der Waals surface area contributed by atoms with Gasteiger partial charge in [-0.2, -0.15) is 0 Å². The van der Waals surface area contributed by atoms with Gasteiger partial charge in [0.1, 0.15) is 0 Å². The fourth-order valence-electron chi connectivity index (χ4n) is 0.527. The van der Waals surface area contributed by atoms with Crippen molar-refractivity contribution in [1.82, 2.24) is 5.48 Å². The van der Waals surface area contributed by atoms with Gasteiger partial charge in [-0.25, -0.2) is 0 Å². The Morgan fingerprint density at radius 3 is 2.62 bits per heavy atom. The van der Waals surface area contributed by atoms with Gasteiger partial charge in [-0.1, -0.05) is 19.9 Å². The van der Waals surface area contributed by atoms with Crippen LogP contribution in [0.2, 0.25) is 0 Å². The van der Waals surface area contributed by atoms with E-state index >= 15 is 0 Å². The second-order valence-electron chi connectivity index (χ2n) is 2.68. The minimum Gasteiger partial charge on any atom is -0.251 e. The quantitative estimate of drug-likeness (QED) is 0.460. The van der Waals surface area contributed by atoms with E-state index in [2.05, 4.69) is 19.3 Å². The Kier molecular flexibility index (Phi) is 1.26. The van der Waals surface area contributed by atoms with Crippen LogP contribution in [0.25, 0.3) is 0 Å². The molecule has 0 N–H and O–H groups in total. The van der Waals surface area contributed by atoms with E-state index in [1.807, 2.05) is 6.08 Å². The van der Waals surface area contributed by atoms with Crippen LogP contribution in [0, 0.1) is 5.41 Å². The molecule has 0 unspecified atom stereocenters. The van der Waals surface area contributed by atoms with Crippen LogP contribution in [0.1, 0.15) is 13.8 Å². The van der Waals surface area contributed by atoms with Gasteiger partial charge in [0, 0.05) is 5.41 Å². The third kappa shape index (κ3) is 1.23. The van der Waals surface area contributed by atoms with Crippen LogP contribution in [-0.2, 0) is 4.84 Å². The summed E-state index contributed by atoms with van der Waals surface area (Å²) < 4.78 is 0. The summed E-state index contributed by atoms with van der Waals surface area (Å²) in [5.41, 5.74) is 3.77. The van der Waals surface area contributed by atoms with Crippen molar-refractivity contribution < 1.29 is 4.84 Å². The van der Waals surface area contributed by atoms with Gasteiger partial charge < -0.3 is 0 Å². The first-order chi connectivity index (χ1) is 3.71. The molecular weight excluding hydrogens is 102 g/mol. The number of hydrogen-bond donors (Lipinski definition) is 0. The lowest BCUT2D eigenvalue weighted by Gasteiger charge is -2.21. The van der Waals surface area contributed by atoms with Gasteiger partial charge in [-0.15, -0.1) is 5.48 Å². The summed E-state index contributed by atoms with van der Waals surface area (Å²) in [5, 5.41) is 0. The van der Waals surface area contributed by atoms with Crippen molar-refractivity contribution in [2.45, 2.75) is 13.8 Å². The molecule has 1 aliphatic rings. The van der Waals surface area contributed by atoms with Crippen molar-refractivity contribution in [1.29, 1.82) is 0 Å². The van der Waals surface area contributed by atoms with Crippen molar-refractivity contribution in [2.75, 3.05) is 6.61 Å². The van der Waals surface area contributed by atoms with Crippen molar-refractivity contribution >= 4 is 0 Å². The first kappa shape index (κ1) is 5.63. The van der Waals surface area contributed by atoms with E-state index in [1.165, 1.54) is 0 Å². The number of hydroxylamine groups is 1. The highest BCUT2D eigenvalue weighted by Gasteiger charge is 2.16. The van der Waals surface area contributed by atoms with Gasteiger partial charge in [0.2, 0.25) is 0 Å². The topological polar surface area (TPSA) is 23.3 Å². The molecule has 0 aromatic heterocycles. The van der Waals surface area contributed by atoms with Crippen LogP contribution in [0.15, 0.2) is 12.3 Å². The Morgan fingerprint density at radius 1 is 1.62 bits per heavy atom. The summed E-state index contributed by atoms with van der Waals surface area (Å²) in [6.07, 6.45) is 3.74. The summed E-state index contributed by atoms with van der Waals surface area (Å²) in [6, 6.07) is 0. The molecule has 0 aromatic rings. The van der Waals surface area contributed by atoms with E-state index in [0.717, 1.165) is 0 Å². The minimum atomic E-state index is 0.182. The lowest BCUT2D eigenvalue weighted by molar-refractivity contribution is 0.00956. The molecule has 0 aliphatic carbocycles. The second-order valence-corrected chi connectivity index (χ2v) is 2.68. The standard InChI is InChI=1S/C6H10NO/c1-6(2)3-4-7-8-5-6/h3-4H,5H2,1-2H3. The summed E-state index contributed by atoms with van der Waals surface area (Å²) in [5.74, 6) is 0. The van der Waals surface area contributed by atoms with Crippen molar-refractivity contribution in [3.8, 4) is 0 Å². The first-order valence-electron chi connectivity index (χ1n) is 2.71. The van der Waals surface area contributed by atoms with E-state index < -0.39 is 0 Å². The SMILES string of the molecule is CC1(C)C=C[N]OC1. The lowest BCUT2D eigenvalue weighted by atomic mass is 9.95. The zero-order valence-electron chi connectivity index (χ0n) is 5.22. The van der Waals surface area contributed by atoms with E-state index in [9.17, 15) is 0 Å². The van der Waals surface area contributed by atoms with Gasteiger partial charge in [0.25, 0.3) is 0 Å². The normalized spacial score (nSPS) is 24.8. The molecule has 0 saturated carbocycles. The summed E-state index contributed by atoms with van der Waals surface area (Å²) in [6.45, 7) is 4.92. The van der Waals surface area contributed by atoms with Crippen molar-refractivity contribution in [3.63, 3.8) is 0 Å². The van der Waals surface area contributed by atoms with Gasteiger partial charge in [-0.3, -0.25) is 4.84 Å². The molecule has 0 spiro atoms. The largest absolute Gasteiger partial charge is 0.251 e. The fourth-order valence-corrected chi connectivity index (χ4v) is 0.527. The molecule has 45 valence electrons. The Balaban J connectivity index is 2.56. The highest BCUT2D eigenvalue weighted by molar-refractivity contribution is 4.94. The van der Waals surface area contributed by atoms with Crippen LogP contribution in [0.4, 0.5) is 0 Å². The Bertz CT molecular complexity index is 107. The van der Waals surface area contributed by atoms with E-state index in [0.29, 0.717) is 6.61 Å². The smallest absolute Gasteiger partial charge is 0.0857 e. The highest BCUT2D eigenvalue weighted by Crippen LogP contribution is 2.18. The second kappa shape index (κ2) is 1.78. The first-order valence-corrected chi connectivity index (χ1v) is 2.71. The molecule has 0 atom stereocenters. The molecule has 2 nitrogen and oxygen atoms in total. The van der Waals surface area contributed by atoms with E-state index in [-0.39, 0.29) is 5.41 Å². The van der Waals surface area contributed by atoms with Gasteiger partial charge in [0.05, 0.1) is 12.8 Å². The highest BCUT2D eigenvalue weighted by atomic mass is 16.6. The molecular formula is C6H10NO. The Hall–Kier alpha value is -0.500. The van der Waals surface area contributed by atoms with Crippen LogP contribution < -0.4 is 5.48 Å². The molecule has 1 aliphatic heterocycles. The van der Waals surface area contributed by atoms with Gasteiger partial charge in [-0.05, 0) is 0 Å². The molecule has 0 bridgehead atoms. The molecule has 1 radical (unpaired) electrons. The summed E-state index contributed by atoms with van der Waals surface area (Å²) in [4.78, 5) is 4.82. The lowest BCUT2D eigenvalue weighted by Crippen LogP contribution is -2.22. The molecule has 1 heterocycles. The zero-order chi connectivity index (χ0) is 6.04. The molecule has 2 heteroatoms. The van der Waals surface area contributed by atoms with Gasteiger partial charge in [0.15, 0.2) is 0 Å². The van der Waals surface area contributed by atoms with E-state index in [4.69, 9.17) is 4.84 Å². The monoisotopic (exact) mass is 112 g/mol. The Labute approximate surface area is 49.5 Å². The molecule has 0 amide bonds. The third-order valence-electron chi connectivity index (χ3n) is 1.10. The Morgan fingerprint density at radius 2 is 2.38 bits per heavy atom. The van der Waals surface area contributed by atoms with Crippen LogP contribution in [0.3, 0.4) is 0 Å². The van der Waals surface area contributed by atoms with Gasteiger partial charge >= 0.3 is 0 Å². The maximum atomic E-state index is 4.82. The number of hydrogen-bond acceptors (Lipinski definition) is 1. The predicted molar refractivity (Wildman–Crippen MR) is 31.0 cm³/mol.